The molecule has 34 heavy (non-hydrogen) atoms. The minimum atomic E-state index is -1.16. The summed E-state index contributed by atoms with van der Waals surface area (Å²) in [4.78, 5) is 23.1. The molecule has 1 aliphatic heterocycles. The molecule has 0 aliphatic carbocycles. The summed E-state index contributed by atoms with van der Waals surface area (Å²) >= 11 is 12.9. The Bertz CT molecular complexity index is 1000. The van der Waals surface area contributed by atoms with Crippen molar-refractivity contribution < 1.29 is 14.3 Å². The normalized spacial score (nSPS) is 17.6. The molecule has 8 nitrogen and oxygen atoms in total. The van der Waals surface area contributed by atoms with Crippen molar-refractivity contribution in [1.82, 2.24) is 19.4 Å². The highest BCUT2D eigenvalue weighted by molar-refractivity contribution is 6.76. The SMILES string of the molecule is CC(C)(C)OC(=O)N1CCC[C@@H](Nc2nc(Cl)nc3c2c(Cl)cn3COCC[Si](C)(C)C)CC1. The fraction of sp³-hybridized carbons (Fsp3) is 0.696. The molecule has 3 heterocycles. The first-order chi connectivity index (χ1) is 15.8. The van der Waals surface area contributed by atoms with E-state index in [2.05, 4.69) is 34.9 Å². The number of ether oxygens (including phenoxy) is 2. The number of nitrogens with one attached hydrogen (secondary N) is 1. The Kier molecular flexibility index (Phi) is 8.76. The minimum absolute atomic E-state index is 0.119. The lowest BCUT2D eigenvalue weighted by Gasteiger charge is -2.26. The Morgan fingerprint density at radius 3 is 2.62 bits per heavy atom. The van der Waals surface area contributed by atoms with Gasteiger partial charge in [0.15, 0.2) is 5.65 Å². The van der Waals surface area contributed by atoms with Gasteiger partial charge in [0, 0.05) is 40.0 Å². The van der Waals surface area contributed by atoms with Crippen LogP contribution in [0, 0.1) is 0 Å². The molecular formula is C23H37Cl2N5O3Si. The summed E-state index contributed by atoms with van der Waals surface area (Å²) in [5.74, 6) is 0.608. The number of rotatable bonds is 7. The van der Waals surface area contributed by atoms with Crippen LogP contribution in [0.25, 0.3) is 11.0 Å². The van der Waals surface area contributed by atoms with Crippen molar-refractivity contribution in [2.45, 2.75) is 84.1 Å². The van der Waals surface area contributed by atoms with E-state index in [-0.39, 0.29) is 17.4 Å². The van der Waals surface area contributed by atoms with Gasteiger partial charge in [-0.3, -0.25) is 0 Å². The molecule has 1 N–H and O–H groups in total. The van der Waals surface area contributed by atoms with Gasteiger partial charge >= 0.3 is 6.09 Å². The van der Waals surface area contributed by atoms with E-state index in [4.69, 9.17) is 32.7 Å². The summed E-state index contributed by atoms with van der Waals surface area (Å²) in [5.41, 5.74) is 0.136. The van der Waals surface area contributed by atoms with Gasteiger partial charge in [-0.05, 0) is 57.7 Å². The number of hydrogen-bond donors (Lipinski definition) is 1. The maximum Gasteiger partial charge on any atom is 0.410 e. The van der Waals surface area contributed by atoms with Crippen LogP contribution in [0.1, 0.15) is 40.0 Å². The Labute approximate surface area is 213 Å². The maximum absolute atomic E-state index is 12.5. The maximum atomic E-state index is 12.5. The van der Waals surface area contributed by atoms with E-state index in [9.17, 15) is 4.79 Å². The zero-order chi connectivity index (χ0) is 25.1. The van der Waals surface area contributed by atoms with Gasteiger partial charge in [-0.2, -0.15) is 9.97 Å². The second-order valence-electron chi connectivity index (χ2n) is 11.1. The Balaban J connectivity index is 1.70. The number of carbonyl (C=O) groups excluding carboxylic acids is 1. The smallest absolute Gasteiger partial charge is 0.410 e. The highest BCUT2D eigenvalue weighted by Gasteiger charge is 2.26. The third-order valence-electron chi connectivity index (χ3n) is 5.59. The molecule has 190 valence electrons. The molecule has 2 aromatic rings. The van der Waals surface area contributed by atoms with E-state index in [1.807, 2.05) is 31.5 Å². The van der Waals surface area contributed by atoms with Crippen molar-refractivity contribution in [3.8, 4) is 0 Å². The Morgan fingerprint density at radius 1 is 1.21 bits per heavy atom. The summed E-state index contributed by atoms with van der Waals surface area (Å²) < 4.78 is 13.3. The lowest BCUT2D eigenvalue weighted by atomic mass is 10.1. The number of aromatic nitrogens is 3. The topological polar surface area (TPSA) is 81.5 Å². The highest BCUT2D eigenvalue weighted by Crippen LogP contribution is 2.32. The Morgan fingerprint density at radius 2 is 1.94 bits per heavy atom. The first kappa shape index (κ1) is 27.0. The molecule has 0 radical (unpaired) electrons. The van der Waals surface area contributed by atoms with Crippen LogP contribution in [0.3, 0.4) is 0 Å². The van der Waals surface area contributed by atoms with E-state index in [1.165, 1.54) is 0 Å². The standard InChI is InChI=1S/C23H37Cl2N5O3Si/c1-23(2,3)33-22(31)29-10-7-8-16(9-11-29)26-19-18-17(24)14-30(20(18)28-21(25)27-19)15-32-12-13-34(4,5)6/h14,16H,7-13,15H2,1-6H3,(H,26,27,28)/t16-/m1/s1. The molecule has 1 atom stereocenters. The van der Waals surface area contributed by atoms with Crippen LogP contribution < -0.4 is 5.32 Å². The minimum Gasteiger partial charge on any atom is -0.444 e. The van der Waals surface area contributed by atoms with Crippen molar-refractivity contribution in [2.24, 2.45) is 0 Å². The average Bonchev–Trinajstić information content (AvgIpc) is 2.85. The number of halogens is 2. The van der Waals surface area contributed by atoms with Crippen LogP contribution in [-0.4, -0.2) is 64.9 Å². The third-order valence-corrected chi connectivity index (χ3v) is 7.75. The second-order valence-corrected chi connectivity index (χ2v) is 17.4. The molecule has 3 rings (SSSR count). The summed E-state index contributed by atoms with van der Waals surface area (Å²) in [6, 6.07) is 1.21. The highest BCUT2D eigenvalue weighted by atomic mass is 35.5. The molecule has 11 heteroatoms. The summed E-state index contributed by atoms with van der Waals surface area (Å²) in [5, 5.41) is 4.93. The zero-order valence-electron chi connectivity index (χ0n) is 21.1. The van der Waals surface area contributed by atoms with Crippen molar-refractivity contribution in [3.05, 3.63) is 16.5 Å². The van der Waals surface area contributed by atoms with Crippen molar-refractivity contribution in [3.63, 3.8) is 0 Å². The summed E-state index contributed by atoms with van der Waals surface area (Å²) in [6.45, 7) is 14.9. The van der Waals surface area contributed by atoms with Crippen LogP contribution in [-0.2, 0) is 16.2 Å². The van der Waals surface area contributed by atoms with E-state index >= 15 is 0 Å². The molecule has 1 amide bonds. The molecule has 1 aliphatic rings. The van der Waals surface area contributed by atoms with Gasteiger partial charge in [0.2, 0.25) is 5.28 Å². The molecule has 1 fully saturated rings. The first-order valence-electron chi connectivity index (χ1n) is 11.9. The molecule has 0 aromatic carbocycles. The fourth-order valence-corrected chi connectivity index (χ4v) is 5.01. The second kappa shape index (κ2) is 11.0. The molecule has 1 saturated heterocycles. The predicted octanol–water partition coefficient (Wildman–Crippen LogP) is 6.25. The number of anilines is 1. The van der Waals surface area contributed by atoms with Crippen LogP contribution >= 0.6 is 23.2 Å². The number of nitrogens with zero attached hydrogens (tertiary/aromatic N) is 4. The molecular weight excluding hydrogens is 493 g/mol. The lowest BCUT2D eigenvalue weighted by Crippen LogP contribution is -2.37. The van der Waals surface area contributed by atoms with Crippen LogP contribution in [0.4, 0.5) is 10.6 Å². The third kappa shape index (κ3) is 7.73. The predicted molar refractivity (Wildman–Crippen MR) is 141 cm³/mol. The molecule has 0 spiro atoms. The van der Waals surface area contributed by atoms with Gasteiger partial charge in [-0.25, -0.2) is 4.79 Å². The quantitative estimate of drug-likeness (QED) is 0.259. The van der Waals surface area contributed by atoms with E-state index < -0.39 is 13.7 Å². The average molecular weight is 531 g/mol. The molecule has 2 aromatic heterocycles. The van der Waals surface area contributed by atoms with Crippen LogP contribution in [0.2, 0.25) is 36.0 Å². The zero-order valence-corrected chi connectivity index (χ0v) is 23.6. The van der Waals surface area contributed by atoms with Gasteiger partial charge in [0.1, 0.15) is 18.1 Å². The monoisotopic (exact) mass is 529 g/mol. The Hall–Kier alpha value is -1.55. The fourth-order valence-electron chi connectivity index (χ4n) is 3.80. The first-order valence-corrected chi connectivity index (χ1v) is 16.3. The summed E-state index contributed by atoms with van der Waals surface area (Å²) in [6.07, 6.45) is 4.06. The molecule has 0 saturated carbocycles. The van der Waals surface area contributed by atoms with Crippen LogP contribution in [0.5, 0.6) is 0 Å². The van der Waals surface area contributed by atoms with Crippen molar-refractivity contribution >= 4 is 54.2 Å². The van der Waals surface area contributed by atoms with Gasteiger partial charge in [0.05, 0.1) is 10.4 Å². The molecule has 0 bridgehead atoms. The van der Waals surface area contributed by atoms with E-state index in [1.54, 1.807) is 4.90 Å². The molecule has 0 unspecified atom stereocenters. The van der Waals surface area contributed by atoms with Crippen molar-refractivity contribution in [1.29, 1.82) is 0 Å². The number of amides is 1. The largest absolute Gasteiger partial charge is 0.444 e. The number of fused-ring (bicyclic) bond motifs is 1. The van der Waals surface area contributed by atoms with Gasteiger partial charge in [0.25, 0.3) is 0 Å². The number of likely N-dealkylation sites (tertiary alicyclic amines) is 1. The number of carbonyl (C=O) groups is 1. The van der Waals surface area contributed by atoms with Gasteiger partial charge in [-0.1, -0.05) is 31.2 Å². The summed E-state index contributed by atoms with van der Waals surface area (Å²) in [7, 11) is -1.16. The van der Waals surface area contributed by atoms with Crippen LogP contribution in [0.15, 0.2) is 6.20 Å². The lowest BCUT2D eigenvalue weighted by molar-refractivity contribution is 0.0256. The van der Waals surface area contributed by atoms with Crippen molar-refractivity contribution in [2.75, 3.05) is 25.0 Å². The van der Waals surface area contributed by atoms with E-state index in [0.717, 1.165) is 30.7 Å². The van der Waals surface area contributed by atoms with Gasteiger partial charge < -0.3 is 24.3 Å². The van der Waals surface area contributed by atoms with Gasteiger partial charge in [-0.15, -0.1) is 0 Å². The number of hydrogen-bond acceptors (Lipinski definition) is 6. The van der Waals surface area contributed by atoms with E-state index in [0.29, 0.717) is 42.9 Å².